The molecule has 0 N–H and O–H groups in total. The third-order valence-electron chi connectivity index (χ3n) is 2.79. The zero-order valence-electron chi connectivity index (χ0n) is 7.69. The van der Waals surface area contributed by atoms with E-state index in [9.17, 15) is 0 Å². The molecule has 3 rings (SSSR count). The average molecular weight is 168 g/mol. The first-order valence-electron chi connectivity index (χ1n) is 4.80. The van der Waals surface area contributed by atoms with Crippen molar-refractivity contribution in [3.63, 3.8) is 0 Å². The van der Waals surface area contributed by atoms with Gasteiger partial charge in [0.15, 0.2) is 0 Å². The summed E-state index contributed by atoms with van der Waals surface area (Å²) in [4.78, 5) is 0. The fourth-order valence-electron chi connectivity index (χ4n) is 2.27. The van der Waals surface area contributed by atoms with E-state index in [4.69, 9.17) is 9.47 Å². The van der Waals surface area contributed by atoms with Crippen LogP contribution in [0.5, 0.6) is 0 Å². The first kappa shape index (κ1) is 8.27. The second-order valence-electron chi connectivity index (χ2n) is 3.38. The Morgan fingerprint density at radius 1 is 0.917 bits per heavy atom. The van der Waals surface area contributed by atoms with Crippen molar-refractivity contribution in [1.82, 2.24) is 0 Å². The lowest BCUT2D eigenvalue weighted by atomic mass is 9.75. The lowest BCUT2D eigenvalue weighted by Crippen LogP contribution is -2.52. The van der Waals surface area contributed by atoms with Gasteiger partial charge in [0.1, 0.15) is 0 Å². The Labute approximate surface area is 73.5 Å². The van der Waals surface area contributed by atoms with Gasteiger partial charge in [-0.05, 0) is 13.8 Å². The van der Waals surface area contributed by atoms with Gasteiger partial charge in [-0.1, -0.05) is 12.2 Å². The Morgan fingerprint density at radius 2 is 1.33 bits per heavy atom. The van der Waals surface area contributed by atoms with Gasteiger partial charge in [0.05, 0.1) is 12.2 Å². The minimum absolute atomic E-state index is 0.423. The first-order chi connectivity index (χ1) is 5.88. The van der Waals surface area contributed by atoms with Crippen LogP contribution in [0.15, 0.2) is 12.2 Å². The van der Waals surface area contributed by atoms with Crippen molar-refractivity contribution in [3.8, 4) is 0 Å². The van der Waals surface area contributed by atoms with E-state index >= 15 is 0 Å². The van der Waals surface area contributed by atoms with Crippen molar-refractivity contribution in [2.75, 3.05) is 13.2 Å². The number of ether oxygens (including phenoxy) is 2. The van der Waals surface area contributed by atoms with Crippen LogP contribution in [-0.4, -0.2) is 25.4 Å². The largest absolute Gasteiger partial charge is 0.377 e. The van der Waals surface area contributed by atoms with E-state index < -0.39 is 0 Å². The SMILES string of the molecule is CCOC1C2C=CC1C2OCC. The van der Waals surface area contributed by atoms with Crippen LogP contribution in [-0.2, 0) is 9.47 Å². The highest BCUT2D eigenvalue weighted by Crippen LogP contribution is 2.46. The Hall–Kier alpha value is -0.340. The highest BCUT2D eigenvalue weighted by molar-refractivity contribution is 5.23. The minimum atomic E-state index is 0.423. The molecule has 0 atom stereocenters. The first-order valence-corrected chi connectivity index (χ1v) is 4.80. The molecule has 2 bridgehead atoms. The number of hydrogen-bond donors (Lipinski definition) is 0. The number of rotatable bonds is 4. The van der Waals surface area contributed by atoms with Gasteiger partial charge in [0, 0.05) is 25.0 Å². The summed E-state index contributed by atoms with van der Waals surface area (Å²) in [7, 11) is 0. The Morgan fingerprint density at radius 3 is 1.67 bits per heavy atom. The molecule has 2 nitrogen and oxygen atoms in total. The van der Waals surface area contributed by atoms with E-state index in [0.29, 0.717) is 24.0 Å². The molecule has 12 heavy (non-hydrogen) atoms. The minimum Gasteiger partial charge on any atom is -0.377 e. The fraction of sp³-hybridized carbons (Fsp3) is 0.800. The predicted octanol–water partition coefficient (Wildman–Crippen LogP) is 1.61. The zero-order valence-corrected chi connectivity index (χ0v) is 7.69. The fourth-order valence-corrected chi connectivity index (χ4v) is 2.27. The molecular formula is C10H16O2. The summed E-state index contributed by atoms with van der Waals surface area (Å²) in [5.41, 5.74) is 0. The van der Waals surface area contributed by atoms with Gasteiger partial charge in [-0.2, -0.15) is 0 Å². The summed E-state index contributed by atoms with van der Waals surface area (Å²) in [5, 5.41) is 0. The number of hydrogen-bond acceptors (Lipinski definition) is 2. The Kier molecular flexibility index (Phi) is 2.20. The van der Waals surface area contributed by atoms with Crippen molar-refractivity contribution in [2.45, 2.75) is 26.1 Å². The molecule has 2 heteroatoms. The summed E-state index contributed by atoms with van der Waals surface area (Å²) in [6.07, 6.45) is 5.33. The maximum absolute atomic E-state index is 5.60. The van der Waals surface area contributed by atoms with Crippen LogP contribution in [0, 0.1) is 11.8 Å². The van der Waals surface area contributed by atoms with E-state index in [1.54, 1.807) is 0 Å². The second-order valence-corrected chi connectivity index (χ2v) is 3.38. The Balaban J connectivity index is 1.88. The van der Waals surface area contributed by atoms with Gasteiger partial charge >= 0.3 is 0 Å². The smallest absolute Gasteiger partial charge is 0.0750 e. The molecule has 0 aromatic rings. The maximum Gasteiger partial charge on any atom is 0.0750 e. The van der Waals surface area contributed by atoms with Crippen LogP contribution < -0.4 is 0 Å². The van der Waals surface area contributed by atoms with Crippen LogP contribution >= 0.6 is 0 Å². The van der Waals surface area contributed by atoms with E-state index in [2.05, 4.69) is 12.2 Å². The highest BCUT2D eigenvalue weighted by Gasteiger charge is 2.53. The summed E-state index contributed by atoms with van der Waals surface area (Å²) >= 11 is 0. The third kappa shape index (κ3) is 1.02. The lowest BCUT2D eigenvalue weighted by Gasteiger charge is -2.43. The monoisotopic (exact) mass is 168 g/mol. The maximum atomic E-state index is 5.60. The van der Waals surface area contributed by atoms with Crippen LogP contribution in [0.25, 0.3) is 0 Å². The molecule has 0 saturated heterocycles. The average Bonchev–Trinajstić information content (AvgIpc) is 2.64. The molecule has 0 aromatic carbocycles. The second kappa shape index (κ2) is 3.19. The summed E-state index contributed by atoms with van der Waals surface area (Å²) in [5.74, 6) is 1.07. The van der Waals surface area contributed by atoms with Crippen LogP contribution in [0.4, 0.5) is 0 Å². The third-order valence-corrected chi connectivity index (χ3v) is 2.79. The van der Waals surface area contributed by atoms with Crippen molar-refractivity contribution < 1.29 is 9.47 Å². The molecule has 0 radical (unpaired) electrons. The molecular weight excluding hydrogens is 152 g/mol. The molecule has 0 aliphatic heterocycles. The van der Waals surface area contributed by atoms with Gasteiger partial charge in [-0.3, -0.25) is 0 Å². The highest BCUT2D eigenvalue weighted by atomic mass is 16.5. The van der Waals surface area contributed by atoms with Crippen molar-refractivity contribution in [2.24, 2.45) is 11.8 Å². The van der Waals surface area contributed by atoms with Crippen molar-refractivity contribution in [3.05, 3.63) is 12.2 Å². The molecule has 0 unspecified atom stereocenters. The van der Waals surface area contributed by atoms with Crippen molar-refractivity contribution in [1.29, 1.82) is 0 Å². The van der Waals surface area contributed by atoms with Gasteiger partial charge in [-0.25, -0.2) is 0 Å². The molecule has 3 aliphatic carbocycles. The molecule has 68 valence electrons. The van der Waals surface area contributed by atoms with E-state index in [-0.39, 0.29) is 0 Å². The normalized spacial score (nSPS) is 43.2. The predicted molar refractivity (Wildman–Crippen MR) is 46.9 cm³/mol. The van der Waals surface area contributed by atoms with E-state index in [1.807, 2.05) is 13.8 Å². The topological polar surface area (TPSA) is 18.5 Å². The Bertz CT molecular complexity index is 160. The molecule has 0 amide bonds. The quantitative estimate of drug-likeness (QED) is 0.594. The lowest BCUT2D eigenvalue weighted by molar-refractivity contribution is -0.152. The van der Waals surface area contributed by atoms with Gasteiger partial charge in [-0.15, -0.1) is 0 Å². The molecule has 0 heterocycles. The standard InChI is InChI=1S/C10H16O2/c1-3-11-9-7-5-6-8(9)10(7)12-4-2/h5-10H,3-4H2,1-2H3. The summed E-state index contributed by atoms with van der Waals surface area (Å²) in [6, 6.07) is 0. The van der Waals surface area contributed by atoms with Crippen LogP contribution in [0.1, 0.15) is 13.8 Å². The van der Waals surface area contributed by atoms with Gasteiger partial charge in [0.2, 0.25) is 0 Å². The van der Waals surface area contributed by atoms with E-state index in [0.717, 1.165) is 13.2 Å². The summed E-state index contributed by atoms with van der Waals surface area (Å²) in [6.45, 7) is 5.73. The van der Waals surface area contributed by atoms with Crippen LogP contribution in [0.2, 0.25) is 0 Å². The van der Waals surface area contributed by atoms with Crippen LogP contribution in [0.3, 0.4) is 0 Å². The van der Waals surface area contributed by atoms with E-state index in [1.165, 1.54) is 0 Å². The molecule has 1 fully saturated rings. The molecule has 3 aliphatic rings. The van der Waals surface area contributed by atoms with Gasteiger partial charge < -0.3 is 9.47 Å². The zero-order chi connectivity index (χ0) is 8.55. The molecule has 0 spiro atoms. The summed E-state index contributed by atoms with van der Waals surface area (Å²) < 4.78 is 11.2. The molecule has 0 aromatic heterocycles. The van der Waals surface area contributed by atoms with Crippen molar-refractivity contribution >= 4 is 0 Å². The molecule has 1 saturated carbocycles. The van der Waals surface area contributed by atoms with Gasteiger partial charge in [0.25, 0.3) is 0 Å².